The van der Waals surface area contributed by atoms with Crippen LogP contribution in [0.15, 0.2) is 66.9 Å². The van der Waals surface area contributed by atoms with Gasteiger partial charge in [0.15, 0.2) is 17.8 Å². The minimum atomic E-state index is -3.87. The number of hydrogen-bond acceptors (Lipinski definition) is 13. The topological polar surface area (TPSA) is 196 Å². The molecule has 1 aromatic heterocycles. The number of nitrogens with one attached hydrogen (secondary N) is 1. The number of halogens is 3. The standard InChI is InChI=1S/C42H43ClF2N4O10/c1-23-28(25-8-9-32-35(17-25)56-14-13-55-32)5-4-6-29(23)42(44,45)59-34-18-33(57-22-24-10-11-47-27(15-24)19-46)26(16-30(34)43)20-49-12-3-2-7-31(49)40(53)48-37-39(52)38(51)36(21-50)58-41(37)54/h4-6,8-11,15-18,31,36-39,41,50-52,54H,2-3,7,12-14,20-22H2,1H3,(H,48,53)/t31-,36+,37-,38+,39+,41?/m0/s1. The van der Waals surface area contributed by atoms with Gasteiger partial charge in [-0.15, -0.1) is 0 Å². The molecule has 1 unspecified atom stereocenters. The Morgan fingerprint density at radius 3 is 2.63 bits per heavy atom. The summed E-state index contributed by atoms with van der Waals surface area (Å²) in [5.41, 5.74) is 2.21. The third-order valence-corrected chi connectivity index (χ3v) is 11.0. The number of rotatable bonds is 12. The van der Waals surface area contributed by atoms with E-state index in [1.807, 2.05) is 11.0 Å². The van der Waals surface area contributed by atoms with E-state index in [9.17, 15) is 30.5 Å². The van der Waals surface area contributed by atoms with Crippen LogP contribution in [0.2, 0.25) is 5.02 Å². The molecule has 2 saturated heterocycles. The molecule has 3 aromatic carbocycles. The van der Waals surface area contributed by atoms with Crippen molar-refractivity contribution in [3.05, 3.63) is 99.8 Å². The minimum Gasteiger partial charge on any atom is -0.488 e. The molecule has 0 spiro atoms. The number of benzene rings is 3. The van der Waals surface area contributed by atoms with Gasteiger partial charge in [-0.25, -0.2) is 4.98 Å². The van der Waals surface area contributed by atoms with Gasteiger partial charge in [0.05, 0.1) is 23.2 Å². The summed E-state index contributed by atoms with van der Waals surface area (Å²) in [6.45, 7) is 2.10. The van der Waals surface area contributed by atoms with Crippen LogP contribution in [0, 0.1) is 18.3 Å². The highest BCUT2D eigenvalue weighted by atomic mass is 35.5. The van der Waals surface area contributed by atoms with Crippen molar-refractivity contribution in [1.82, 2.24) is 15.2 Å². The fourth-order valence-electron chi connectivity index (χ4n) is 7.58. The van der Waals surface area contributed by atoms with Crippen LogP contribution in [-0.2, 0) is 28.8 Å². The number of aromatic nitrogens is 1. The number of alkyl halides is 2. The van der Waals surface area contributed by atoms with Crippen molar-refractivity contribution in [2.75, 3.05) is 26.4 Å². The predicted octanol–water partition coefficient (Wildman–Crippen LogP) is 4.33. The van der Waals surface area contributed by atoms with Crippen LogP contribution >= 0.6 is 11.6 Å². The van der Waals surface area contributed by atoms with Crippen molar-refractivity contribution in [3.63, 3.8) is 0 Å². The van der Waals surface area contributed by atoms with Crippen molar-refractivity contribution >= 4 is 17.5 Å². The summed E-state index contributed by atoms with van der Waals surface area (Å²) in [6.07, 6.45) is -6.78. The average Bonchev–Trinajstić information content (AvgIpc) is 3.24. The zero-order valence-electron chi connectivity index (χ0n) is 31.9. The van der Waals surface area contributed by atoms with Gasteiger partial charge in [-0.1, -0.05) is 36.2 Å². The van der Waals surface area contributed by atoms with Gasteiger partial charge in [0.1, 0.15) is 67.4 Å². The summed E-state index contributed by atoms with van der Waals surface area (Å²) in [6, 6.07) is 15.4. The molecule has 7 rings (SSSR count). The summed E-state index contributed by atoms with van der Waals surface area (Å²) >= 11 is 6.71. The Morgan fingerprint density at radius 2 is 1.85 bits per heavy atom. The Bertz CT molecular complexity index is 2210. The number of piperidine rings is 1. The van der Waals surface area contributed by atoms with Crippen LogP contribution in [-0.4, -0.2) is 99.3 Å². The fourth-order valence-corrected chi connectivity index (χ4v) is 7.80. The first kappa shape index (κ1) is 42.0. The summed E-state index contributed by atoms with van der Waals surface area (Å²) in [4.78, 5) is 19.5. The second-order valence-corrected chi connectivity index (χ2v) is 14.9. The highest BCUT2D eigenvalue weighted by molar-refractivity contribution is 6.32. The first-order chi connectivity index (χ1) is 28.4. The zero-order chi connectivity index (χ0) is 41.8. The number of nitriles is 1. The van der Waals surface area contributed by atoms with Gasteiger partial charge < -0.3 is 49.4 Å². The van der Waals surface area contributed by atoms with Crippen LogP contribution in [0.1, 0.15) is 47.2 Å². The quantitative estimate of drug-likeness (QED) is 0.135. The van der Waals surface area contributed by atoms with Gasteiger partial charge in [-0.3, -0.25) is 9.69 Å². The zero-order valence-corrected chi connectivity index (χ0v) is 32.6. The van der Waals surface area contributed by atoms with Crippen molar-refractivity contribution < 1.29 is 57.7 Å². The molecular weight excluding hydrogens is 794 g/mol. The number of aliphatic hydroxyl groups excluding tert-OH is 4. The molecule has 0 aliphatic carbocycles. The van der Waals surface area contributed by atoms with E-state index in [2.05, 4.69) is 10.3 Å². The molecule has 0 saturated carbocycles. The van der Waals surface area contributed by atoms with Crippen LogP contribution in [0.5, 0.6) is 23.0 Å². The third-order valence-electron chi connectivity index (χ3n) is 10.7. The van der Waals surface area contributed by atoms with E-state index in [1.165, 1.54) is 36.5 Å². The number of likely N-dealkylation sites (tertiary alicyclic amines) is 1. The second-order valence-electron chi connectivity index (χ2n) is 14.5. The monoisotopic (exact) mass is 836 g/mol. The van der Waals surface area contributed by atoms with E-state index in [4.69, 9.17) is 35.3 Å². The molecule has 4 aromatic rings. The molecular formula is C42H43ClF2N4O10. The van der Waals surface area contributed by atoms with Gasteiger partial charge in [-0.2, -0.15) is 14.0 Å². The molecule has 14 nitrogen and oxygen atoms in total. The third kappa shape index (κ3) is 9.22. The summed E-state index contributed by atoms with van der Waals surface area (Å²) in [5, 5.41) is 52.8. The Hall–Kier alpha value is -5.12. The second kappa shape index (κ2) is 18.0. The molecule has 0 bridgehead atoms. The molecule has 3 aliphatic rings. The Labute approximate surface area is 343 Å². The highest BCUT2D eigenvalue weighted by Gasteiger charge is 2.45. The number of pyridine rings is 1. The Balaban J connectivity index is 1.16. The summed E-state index contributed by atoms with van der Waals surface area (Å²) in [7, 11) is 0. The van der Waals surface area contributed by atoms with Gasteiger partial charge in [0.25, 0.3) is 0 Å². The molecule has 312 valence electrons. The summed E-state index contributed by atoms with van der Waals surface area (Å²) < 4.78 is 60.8. The smallest absolute Gasteiger partial charge is 0.427 e. The van der Waals surface area contributed by atoms with E-state index in [1.54, 1.807) is 37.3 Å². The largest absolute Gasteiger partial charge is 0.488 e. The van der Waals surface area contributed by atoms with Gasteiger partial charge in [0.2, 0.25) is 5.91 Å². The van der Waals surface area contributed by atoms with Gasteiger partial charge in [0, 0.05) is 24.4 Å². The van der Waals surface area contributed by atoms with Crippen LogP contribution in [0.25, 0.3) is 11.1 Å². The predicted molar refractivity (Wildman–Crippen MR) is 207 cm³/mol. The van der Waals surface area contributed by atoms with Crippen LogP contribution < -0.4 is 24.3 Å². The number of ether oxygens (including phenoxy) is 5. The van der Waals surface area contributed by atoms with Gasteiger partial charge in [-0.05, 0) is 85.0 Å². The number of carbonyl (C=O) groups is 1. The maximum Gasteiger partial charge on any atom is 0.427 e. The number of aliphatic hydroxyl groups is 4. The first-order valence-corrected chi connectivity index (χ1v) is 19.5. The van der Waals surface area contributed by atoms with E-state index in [-0.39, 0.29) is 40.9 Å². The molecule has 5 N–H and O–H groups in total. The van der Waals surface area contributed by atoms with E-state index in [0.717, 1.165) is 0 Å². The molecule has 6 atom stereocenters. The number of carbonyl (C=O) groups excluding carboxylic acids is 1. The van der Waals surface area contributed by atoms with Gasteiger partial charge >= 0.3 is 6.11 Å². The first-order valence-electron chi connectivity index (χ1n) is 19.1. The number of fused-ring (bicyclic) bond motifs is 1. The summed E-state index contributed by atoms with van der Waals surface area (Å²) in [5.74, 6) is 0.265. The van der Waals surface area contributed by atoms with Crippen molar-refractivity contribution in [3.8, 4) is 40.2 Å². The lowest BCUT2D eigenvalue weighted by molar-refractivity contribution is -0.254. The van der Waals surface area contributed by atoms with E-state index in [0.29, 0.717) is 72.8 Å². The Morgan fingerprint density at radius 1 is 1.05 bits per heavy atom. The lowest BCUT2D eigenvalue weighted by Gasteiger charge is -2.42. The number of hydrogen-bond donors (Lipinski definition) is 5. The lowest BCUT2D eigenvalue weighted by Crippen LogP contribution is -2.65. The van der Waals surface area contributed by atoms with E-state index < -0.39 is 60.9 Å². The fraction of sp³-hybridized carbons (Fsp3) is 0.405. The Kier molecular flexibility index (Phi) is 12.8. The van der Waals surface area contributed by atoms with Crippen LogP contribution in [0.3, 0.4) is 0 Å². The maximum atomic E-state index is 16.3. The van der Waals surface area contributed by atoms with Crippen molar-refractivity contribution in [2.24, 2.45) is 0 Å². The number of nitrogens with zero attached hydrogens (tertiary/aromatic N) is 3. The molecule has 3 aliphatic heterocycles. The molecule has 0 radical (unpaired) electrons. The molecule has 4 heterocycles. The minimum absolute atomic E-state index is 0.0573. The molecule has 59 heavy (non-hydrogen) atoms. The highest BCUT2D eigenvalue weighted by Crippen LogP contribution is 2.43. The molecule has 2 fully saturated rings. The normalized spacial score (nSPS) is 23.2. The van der Waals surface area contributed by atoms with Crippen molar-refractivity contribution in [2.45, 2.75) is 82.1 Å². The maximum absolute atomic E-state index is 16.3. The van der Waals surface area contributed by atoms with E-state index >= 15 is 8.78 Å². The number of amides is 1. The van der Waals surface area contributed by atoms with Crippen molar-refractivity contribution in [1.29, 1.82) is 5.26 Å². The van der Waals surface area contributed by atoms with Crippen LogP contribution in [0.4, 0.5) is 8.78 Å². The SMILES string of the molecule is Cc1c(-c2ccc3c(c2)OCCO3)cccc1C(F)(F)Oc1cc(OCc2ccnc(C#N)c2)c(CN2CCCC[C@H]2C(=O)N[C@@H]2C(O)O[C@H](CO)[C@@H](O)[C@@H]2O)cc1Cl. The lowest BCUT2D eigenvalue weighted by atomic mass is 9.95. The molecule has 1 amide bonds. The average molecular weight is 837 g/mol. The molecule has 17 heteroatoms.